The number of amides is 1. The highest BCUT2D eigenvalue weighted by atomic mass is 35.5. The molecule has 4 N–H and O–H groups in total. The summed E-state index contributed by atoms with van der Waals surface area (Å²) in [4.78, 5) is 21.5. The Balaban J connectivity index is 0.00000289. The van der Waals surface area contributed by atoms with Crippen LogP contribution in [0.15, 0.2) is 54.9 Å². The normalized spacial score (nSPS) is 15.2. The average molecular weight is 489 g/mol. The first-order valence-electron chi connectivity index (χ1n) is 11.2. The number of nitriles is 1. The lowest BCUT2D eigenvalue weighted by Gasteiger charge is -2.23. The molecule has 3 heterocycles. The first kappa shape index (κ1) is 24.1. The molecule has 0 bridgehead atoms. The third kappa shape index (κ3) is 4.94. The van der Waals surface area contributed by atoms with Crippen LogP contribution in [-0.2, 0) is 6.54 Å². The molecule has 1 aliphatic heterocycles. The molecule has 1 fully saturated rings. The molecule has 2 aromatic carbocycles. The lowest BCUT2D eigenvalue weighted by Crippen LogP contribution is -2.32. The van der Waals surface area contributed by atoms with Gasteiger partial charge in [0.2, 0.25) is 0 Å². The molecule has 5 rings (SSSR count). The van der Waals surface area contributed by atoms with E-state index in [1.54, 1.807) is 18.2 Å². The van der Waals surface area contributed by atoms with Gasteiger partial charge in [0, 0.05) is 24.2 Å². The number of nitrogen functional groups attached to an aromatic ring is 1. The predicted molar refractivity (Wildman–Crippen MR) is 136 cm³/mol. The van der Waals surface area contributed by atoms with E-state index >= 15 is 0 Å². The standard InChI is InChI=1S/C25H24N8O.ClH/c26-12-16-6-8-17(9-7-16)13-29-25(34)19-4-1-3-18(11-19)22-21-23(27)30-15-31-24(21)33(32-22)20-5-2-10-28-14-20;/h1,3-4,6-9,11,15,20,28H,2,5,10,13-14H2,(H,29,34)(H2,27,30,31);1H/t20-;/m1./s1. The smallest absolute Gasteiger partial charge is 0.251 e. The fourth-order valence-electron chi connectivity index (χ4n) is 4.28. The third-order valence-corrected chi connectivity index (χ3v) is 6.07. The number of benzene rings is 2. The highest BCUT2D eigenvalue weighted by molar-refractivity contribution is 6.00. The minimum absolute atomic E-state index is 0. The van der Waals surface area contributed by atoms with Crippen LogP contribution in [0.25, 0.3) is 22.3 Å². The van der Waals surface area contributed by atoms with Gasteiger partial charge in [-0.05, 0) is 49.2 Å². The summed E-state index contributed by atoms with van der Waals surface area (Å²) >= 11 is 0. The molecule has 0 aliphatic carbocycles. The monoisotopic (exact) mass is 488 g/mol. The highest BCUT2D eigenvalue weighted by Crippen LogP contribution is 2.33. The van der Waals surface area contributed by atoms with Gasteiger partial charge < -0.3 is 16.4 Å². The first-order chi connectivity index (χ1) is 16.6. The number of halogens is 1. The van der Waals surface area contributed by atoms with Crippen molar-refractivity contribution in [1.82, 2.24) is 30.4 Å². The van der Waals surface area contributed by atoms with E-state index in [-0.39, 0.29) is 24.4 Å². The van der Waals surface area contributed by atoms with Crippen molar-refractivity contribution in [1.29, 1.82) is 5.26 Å². The molecule has 9 nitrogen and oxygen atoms in total. The summed E-state index contributed by atoms with van der Waals surface area (Å²) in [6.07, 6.45) is 3.53. The van der Waals surface area contributed by atoms with Crippen LogP contribution in [0.4, 0.5) is 5.82 Å². The molecule has 0 unspecified atom stereocenters. The molecule has 2 aromatic heterocycles. The zero-order valence-corrected chi connectivity index (χ0v) is 19.8. The molecule has 4 aromatic rings. The van der Waals surface area contributed by atoms with Gasteiger partial charge in [-0.15, -0.1) is 12.4 Å². The zero-order valence-electron chi connectivity index (χ0n) is 18.9. The van der Waals surface area contributed by atoms with Gasteiger partial charge in [-0.3, -0.25) is 4.79 Å². The number of fused-ring (bicyclic) bond motifs is 1. The van der Waals surface area contributed by atoms with E-state index in [1.807, 2.05) is 35.0 Å². The average Bonchev–Trinajstić information content (AvgIpc) is 3.29. The van der Waals surface area contributed by atoms with Crippen LogP contribution in [0.2, 0.25) is 0 Å². The fraction of sp³-hybridized carbons (Fsp3) is 0.240. The number of nitrogens with two attached hydrogens (primary N) is 1. The van der Waals surface area contributed by atoms with Gasteiger partial charge in [-0.25, -0.2) is 14.6 Å². The molecule has 0 radical (unpaired) electrons. The van der Waals surface area contributed by atoms with Gasteiger partial charge in [0.25, 0.3) is 5.91 Å². The van der Waals surface area contributed by atoms with Gasteiger partial charge in [0.15, 0.2) is 5.65 Å². The zero-order chi connectivity index (χ0) is 23.5. The molecule has 1 aliphatic rings. The van der Waals surface area contributed by atoms with E-state index in [9.17, 15) is 4.79 Å². The van der Waals surface area contributed by atoms with E-state index in [0.29, 0.717) is 40.2 Å². The molecular formula is C25H25ClN8O. The van der Waals surface area contributed by atoms with E-state index in [1.165, 1.54) is 6.33 Å². The predicted octanol–water partition coefficient (Wildman–Crippen LogP) is 3.22. The summed E-state index contributed by atoms with van der Waals surface area (Å²) in [5, 5.41) is 20.9. The number of nitrogens with zero attached hydrogens (tertiary/aromatic N) is 5. The maximum Gasteiger partial charge on any atom is 0.251 e. The Morgan fingerprint density at radius 2 is 2.06 bits per heavy atom. The molecule has 1 atom stereocenters. The summed E-state index contributed by atoms with van der Waals surface area (Å²) < 4.78 is 1.94. The molecule has 1 saturated heterocycles. The second-order valence-electron chi connectivity index (χ2n) is 8.32. The van der Waals surface area contributed by atoms with E-state index in [0.717, 1.165) is 37.1 Å². The Bertz CT molecular complexity index is 1390. The number of rotatable bonds is 5. The number of hydrogen-bond acceptors (Lipinski definition) is 7. The number of anilines is 1. The van der Waals surface area contributed by atoms with Gasteiger partial charge >= 0.3 is 0 Å². The maximum atomic E-state index is 12.9. The van der Waals surface area contributed by atoms with Gasteiger partial charge in [-0.2, -0.15) is 10.4 Å². The maximum absolute atomic E-state index is 12.9. The van der Waals surface area contributed by atoms with Crippen LogP contribution in [0.5, 0.6) is 0 Å². The first-order valence-corrected chi connectivity index (χ1v) is 11.2. The van der Waals surface area contributed by atoms with Crippen LogP contribution in [-0.4, -0.2) is 38.7 Å². The second kappa shape index (κ2) is 10.5. The van der Waals surface area contributed by atoms with Gasteiger partial charge in [0.05, 0.1) is 23.1 Å². The van der Waals surface area contributed by atoms with Crippen molar-refractivity contribution in [2.45, 2.75) is 25.4 Å². The van der Waals surface area contributed by atoms with Crippen molar-refractivity contribution in [2.24, 2.45) is 0 Å². The van der Waals surface area contributed by atoms with Crippen LogP contribution in [0.1, 0.15) is 40.4 Å². The highest BCUT2D eigenvalue weighted by Gasteiger charge is 2.23. The number of nitrogens with one attached hydrogen (secondary N) is 2. The number of carbonyl (C=O) groups excluding carboxylic acids is 1. The van der Waals surface area contributed by atoms with Crippen molar-refractivity contribution in [2.75, 3.05) is 18.8 Å². The summed E-state index contributed by atoms with van der Waals surface area (Å²) in [6, 6.07) is 16.7. The largest absolute Gasteiger partial charge is 0.383 e. The van der Waals surface area contributed by atoms with Crippen molar-refractivity contribution < 1.29 is 4.79 Å². The minimum atomic E-state index is -0.198. The summed E-state index contributed by atoms with van der Waals surface area (Å²) in [5.74, 6) is 0.168. The fourth-order valence-corrected chi connectivity index (χ4v) is 4.28. The summed E-state index contributed by atoms with van der Waals surface area (Å²) in [6.45, 7) is 2.18. The molecule has 178 valence electrons. The lowest BCUT2D eigenvalue weighted by atomic mass is 10.1. The van der Waals surface area contributed by atoms with E-state index in [4.69, 9.17) is 16.1 Å². The van der Waals surface area contributed by atoms with Crippen molar-refractivity contribution >= 4 is 35.2 Å². The Labute approximate surface area is 208 Å². The SMILES string of the molecule is Cl.N#Cc1ccc(CNC(=O)c2cccc(-c3nn([C@@H]4CCCNC4)c4ncnc(N)c34)c2)cc1. The van der Waals surface area contributed by atoms with Gasteiger partial charge in [-0.1, -0.05) is 24.3 Å². The van der Waals surface area contributed by atoms with Crippen LogP contribution in [0, 0.1) is 11.3 Å². The van der Waals surface area contributed by atoms with Crippen LogP contribution < -0.4 is 16.4 Å². The van der Waals surface area contributed by atoms with Gasteiger partial charge in [0.1, 0.15) is 17.8 Å². The topological polar surface area (TPSA) is 135 Å². The molecule has 10 heteroatoms. The van der Waals surface area contributed by atoms with Crippen molar-refractivity contribution in [3.05, 3.63) is 71.5 Å². The Kier molecular flexibility index (Phi) is 7.25. The molecular weight excluding hydrogens is 464 g/mol. The molecule has 0 saturated carbocycles. The molecule has 1 amide bonds. The van der Waals surface area contributed by atoms with Crippen LogP contribution >= 0.6 is 12.4 Å². The summed E-state index contributed by atoms with van der Waals surface area (Å²) in [7, 11) is 0. The Hall–Kier alpha value is -4.00. The number of piperidine rings is 1. The molecule has 35 heavy (non-hydrogen) atoms. The van der Waals surface area contributed by atoms with Crippen molar-refractivity contribution in [3.8, 4) is 17.3 Å². The van der Waals surface area contributed by atoms with E-state index < -0.39 is 0 Å². The number of carbonyl (C=O) groups is 1. The summed E-state index contributed by atoms with van der Waals surface area (Å²) in [5.41, 5.74) is 10.4. The van der Waals surface area contributed by atoms with E-state index in [2.05, 4.69) is 26.7 Å². The Morgan fingerprint density at radius 3 is 2.80 bits per heavy atom. The molecule has 0 spiro atoms. The van der Waals surface area contributed by atoms with Crippen molar-refractivity contribution in [3.63, 3.8) is 0 Å². The lowest BCUT2D eigenvalue weighted by molar-refractivity contribution is 0.0951. The Morgan fingerprint density at radius 1 is 1.23 bits per heavy atom. The number of aromatic nitrogens is 4. The number of hydrogen-bond donors (Lipinski definition) is 3. The third-order valence-electron chi connectivity index (χ3n) is 6.07. The van der Waals surface area contributed by atoms with Crippen LogP contribution in [0.3, 0.4) is 0 Å². The minimum Gasteiger partial charge on any atom is -0.383 e. The quantitative estimate of drug-likeness (QED) is 0.392. The second-order valence-corrected chi connectivity index (χ2v) is 8.32.